The van der Waals surface area contributed by atoms with Gasteiger partial charge in [-0.2, -0.15) is 0 Å². The summed E-state index contributed by atoms with van der Waals surface area (Å²) < 4.78 is 0. The van der Waals surface area contributed by atoms with Crippen LogP contribution in [0.2, 0.25) is 0 Å². The molecule has 3 rings (SSSR count). The largest absolute Gasteiger partial charge is 0.361 e. The smallest absolute Gasteiger partial charge is 0.0360 e. The highest BCUT2D eigenvalue weighted by molar-refractivity contribution is 5.31. The molecule has 0 amide bonds. The summed E-state index contributed by atoms with van der Waals surface area (Å²) in [4.78, 5) is 3.53. The molecule has 1 saturated carbocycles. The molecule has 2 nitrogen and oxygen atoms in total. The van der Waals surface area contributed by atoms with Crippen LogP contribution in [0.1, 0.15) is 35.7 Å². The van der Waals surface area contributed by atoms with Crippen molar-refractivity contribution < 1.29 is 0 Å². The Kier molecular flexibility index (Phi) is 1.32. The van der Waals surface area contributed by atoms with E-state index in [2.05, 4.69) is 16.4 Å². The fourth-order valence-corrected chi connectivity index (χ4v) is 2.00. The molecule has 2 aliphatic rings. The molecule has 0 bridgehead atoms. The molecule has 12 heavy (non-hydrogen) atoms. The standard InChI is InChI=1S/C10H14N2/c1-2-7(1)9-5-8-3-4-11-6-10(8)12-9/h5,7,11-12H,1-4,6H2. The van der Waals surface area contributed by atoms with Crippen molar-refractivity contribution in [1.29, 1.82) is 0 Å². The lowest BCUT2D eigenvalue weighted by Gasteiger charge is -2.11. The summed E-state index contributed by atoms with van der Waals surface area (Å²) in [6.45, 7) is 2.19. The molecule has 1 aliphatic heterocycles. The highest BCUT2D eigenvalue weighted by Gasteiger charge is 2.26. The SMILES string of the molecule is c1c(C2CC2)[nH]c2c1CCNC2. The second-order valence-corrected chi connectivity index (χ2v) is 3.93. The Labute approximate surface area is 72.4 Å². The molecule has 1 aromatic rings. The van der Waals surface area contributed by atoms with Gasteiger partial charge in [-0.3, -0.25) is 0 Å². The molecule has 2 heteroatoms. The average Bonchev–Trinajstić information content (AvgIpc) is 2.85. The zero-order chi connectivity index (χ0) is 7.97. The molecule has 64 valence electrons. The molecular weight excluding hydrogens is 148 g/mol. The van der Waals surface area contributed by atoms with Gasteiger partial charge in [0.05, 0.1) is 0 Å². The lowest BCUT2D eigenvalue weighted by atomic mass is 10.1. The Morgan fingerprint density at radius 3 is 3.00 bits per heavy atom. The lowest BCUT2D eigenvalue weighted by Crippen LogP contribution is -2.22. The first-order valence-corrected chi connectivity index (χ1v) is 4.85. The maximum absolute atomic E-state index is 3.53. The Bertz CT molecular complexity index is 273. The molecule has 1 aliphatic carbocycles. The van der Waals surface area contributed by atoms with Crippen LogP contribution in [0.5, 0.6) is 0 Å². The summed E-state index contributed by atoms with van der Waals surface area (Å²) in [6, 6.07) is 2.38. The first-order valence-electron chi connectivity index (χ1n) is 4.85. The number of nitrogens with one attached hydrogen (secondary N) is 2. The second-order valence-electron chi connectivity index (χ2n) is 3.93. The third kappa shape index (κ3) is 0.985. The van der Waals surface area contributed by atoms with Crippen molar-refractivity contribution in [2.75, 3.05) is 6.54 Å². The normalized spacial score (nSPS) is 22.3. The van der Waals surface area contributed by atoms with Gasteiger partial charge in [-0.25, -0.2) is 0 Å². The minimum absolute atomic E-state index is 0.871. The van der Waals surface area contributed by atoms with E-state index in [1.807, 2.05) is 0 Å². The number of aromatic amines is 1. The fraction of sp³-hybridized carbons (Fsp3) is 0.600. The molecule has 1 fully saturated rings. The van der Waals surface area contributed by atoms with Gasteiger partial charge in [0.1, 0.15) is 0 Å². The molecule has 0 saturated heterocycles. The Morgan fingerprint density at radius 1 is 1.33 bits per heavy atom. The highest BCUT2D eigenvalue weighted by atomic mass is 14.9. The molecular formula is C10H14N2. The highest BCUT2D eigenvalue weighted by Crippen LogP contribution is 2.40. The van der Waals surface area contributed by atoms with Crippen LogP contribution in [0.3, 0.4) is 0 Å². The summed E-state index contributed by atoms with van der Waals surface area (Å²) in [5.41, 5.74) is 4.47. The maximum Gasteiger partial charge on any atom is 0.0360 e. The molecule has 2 heterocycles. The summed E-state index contributed by atoms with van der Waals surface area (Å²) in [6.07, 6.45) is 4.00. The topological polar surface area (TPSA) is 27.8 Å². The van der Waals surface area contributed by atoms with Gasteiger partial charge >= 0.3 is 0 Å². The van der Waals surface area contributed by atoms with Crippen molar-refractivity contribution in [2.24, 2.45) is 0 Å². The van der Waals surface area contributed by atoms with Crippen LogP contribution >= 0.6 is 0 Å². The van der Waals surface area contributed by atoms with Crippen LogP contribution in [0.25, 0.3) is 0 Å². The molecule has 0 unspecified atom stereocenters. The summed E-state index contributed by atoms with van der Waals surface area (Å²) in [7, 11) is 0. The first kappa shape index (κ1) is 6.72. The van der Waals surface area contributed by atoms with Crippen LogP contribution in [0, 0.1) is 0 Å². The zero-order valence-corrected chi connectivity index (χ0v) is 7.19. The van der Waals surface area contributed by atoms with E-state index in [1.165, 1.54) is 30.7 Å². The van der Waals surface area contributed by atoms with Gasteiger partial charge in [0.15, 0.2) is 0 Å². The predicted octanol–water partition coefficient (Wildman–Crippen LogP) is 1.54. The van der Waals surface area contributed by atoms with Crippen LogP contribution < -0.4 is 5.32 Å². The van der Waals surface area contributed by atoms with E-state index in [0.29, 0.717) is 0 Å². The van der Waals surface area contributed by atoms with E-state index < -0.39 is 0 Å². The van der Waals surface area contributed by atoms with Gasteiger partial charge in [-0.05, 0) is 43.4 Å². The number of fused-ring (bicyclic) bond motifs is 1. The van der Waals surface area contributed by atoms with E-state index in [9.17, 15) is 0 Å². The quantitative estimate of drug-likeness (QED) is 0.644. The summed E-state index contributed by atoms with van der Waals surface area (Å²) in [5.74, 6) is 0.871. The second kappa shape index (κ2) is 2.36. The van der Waals surface area contributed by atoms with E-state index in [-0.39, 0.29) is 0 Å². The van der Waals surface area contributed by atoms with Gasteiger partial charge in [0, 0.05) is 17.9 Å². The minimum Gasteiger partial charge on any atom is -0.361 e. The van der Waals surface area contributed by atoms with Crippen molar-refractivity contribution in [2.45, 2.75) is 31.7 Å². The molecule has 0 atom stereocenters. The van der Waals surface area contributed by atoms with Crippen LogP contribution in [-0.4, -0.2) is 11.5 Å². The maximum atomic E-state index is 3.53. The van der Waals surface area contributed by atoms with E-state index >= 15 is 0 Å². The third-order valence-corrected chi connectivity index (χ3v) is 2.90. The van der Waals surface area contributed by atoms with E-state index in [0.717, 1.165) is 19.0 Å². The molecule has 0 spiro atoms. The number of rotatable bonds is 1. The van der Waals surface area contributed by atoms with E-state index in [1.54, 1.807) is 5.56 Å². The third-order valence-electron chi connectivity index (χ3n) is 2.90. The molecule has 2 N–H and O–H groups in total. The van der Waals surface area contributed by atoms with Crippen LogP contribution in [-0.2, 0) is 13.0 Å². The number of hydrogen-bond acceptors (Lipinski definition) is 1. The first-order chi connectivity index (χ1) is 5.93. The lowest BCUT2D eigenvalue weighted by molar-refractivity contribution is 0.634. The van der Waals surface area contributed by atoms with Crippen molar-refractivity contribution >= 4 is 0 Å². The Balaban J connectivity index is 1.97. The van der Waals surface area contributed by atoms with Crippen LogP contribution in [0.4, 0.5) is 0 Å². The monoisotopic (exact) mass is 162 g/mol. The fourth-order valence-electron chi connectivity index (χ4n) is 2.00. The average molecular weight is 162 g/mol. The summed E-state index contributed by atoms with van der Waals surface area (Å²) >= 11 is 0. The van der Waals surface area contributed by atoms with Gasteiger partial charge in [0.2, 0.25) is 0 Å². The molecule has 1 aromatic heterocycles. The van der Waals surface area contributed by atoms with E-state index in [4.69, 9.17) is 0 Å². The predicted molar refractivity (Wildman–Crippen MR) is 48.2 cm³/mol. The number of aromatic nitrogens is 1. The van der Waals surface area contributed by atoms with Crippen molar-refractivity contribution in [1.82, 2.24) is 10.3 Å². The Morgan fingerprint density at radius 2 is 2.25 bits per heavy atom. The molecule has 0 aromatic carbocycles. The number of hydrogen-bond donors (Lipinski definition) is 2. The van der Waals surface area contributed by atoms with Crippen LogP contribution in [0.15, 0.2) is 6.07 Å². The zero-order valence-electron chi connectivity index (χ0n) is 7.19. The van der Waals surface area contributed by atoms with Crippen molar-refractivity contribution in [3.8, 4) is 0 Å². The molecule has 0 radical (unpaired) electrons. The Hall–Kier alpha value is -0.760. The summed E-state index contributed by atoms with van der Waals surface area (Å²) in [5, 5.41) is 3.38. The van der Waals surface area contributed by atoms with Crippen molar-refractivity contribution in [3.63, 3.8) is 0 Å². The van der Waals surface area contributed by atoms with Gasteiger partial charge in [0.25, 0.3) is 0 Å². The van der Waals surface area contributed by atoms with Gasteiger partial charge < -0.3 is 10.3 Å². The minimum atomic E-state index is 0.871. The van der Waals surface area contributed by atoms with Crippen molar-refractivity contribution in [3.05, 3.63) is 23.0 Å². The van der Waals surface area contributed by atoms with Gasteiger partial charge in [-0.1, -0.05) is 0 Å². The van der Waals surface area contributed by atoms with Gasteiger partial charge in [-0.15, -0.1) is 0 Å². The number of H-pyrrole nitrogens is 1.